The lowest BCUT2D eigenvalue weighted by atomic mass is 10.3. The van der Waals surface area contributed by atoms with Gasteiger partial charge in [-0.25, -0.2) is 15.8 Å². The minimum atomic E-state index is -0.515. The van der Waals surface area contributed by atoms with Crippen molar-refractivity contribution >= 4 is 17.5 Å². The molecule has 0 spiro atoms. The summed E-state index contributed by atoms with van der Waals surface area (Å²) in [6, 6.07) is 0. The highest BCUT2D eigenvalue weighted by atomic mass is 16.6. The summed E-state index contributed by atoms with van der Waals surface area (Å²) < 4.78 is 1.88. The second kappa shape index (κ2) is 6.13. The molecule has 4 N–H and O–H groups in total. The van der Waals surface area contributed by atoms with Gasteiger partial charge in [-0.3, -0.25) is 15.5 Å². The SMILES string of the molecule is Cc1nc(NN)nc(NCCc2nccn2C)c1[N+](=O)[O-]. The maximum atomic E-state index is 11.1. The molecule has 10 nitrogen and oxygen atoms in total. The zero-order valence-corrected chi connectivity index (χ0v) is 11.7. The Kier molecular flexibility index (Phi) is 4.28. The molecule has 0 aliphatic carbocycles. The lowest BCUT2D eigenvalue weighted by molar-refractivity contribution is -0.385. The molecule has 0 aromatic carbocycles. The van der Waals surface area contributed by atoms with Crippen molar-refractivity contribution < 1.29 is 4.92 Å². The number of nitrogen functional groups attached to an aromatic ring is 1. The Morgan fingerprint density at radius 1 is 1.48 bits per heavy atom. The minimum absolute atomic E-state index is 0.123. The number of nitro groups is 1. The summed E-state index contributed by atoms with van der Waals surface area (Å²) in [5.41, 5.74) is 2.37. The standard InChI is InChI=1S/C11H16N8O2/c1-7-9(19(20)21)10(16-11(15-7)17-12)14-4-3-8-13-5-6-18(8)2/h5-6H,3-4,12H2,1-2H3,(H2,14,15,16,17). The van der Waals surface area contributed by atoms with Crippen LogP contribution in [0.2, 0.25) is 0 Å². The normalized spacial score (nSPS) is 10.4. The fourth-order valence-corrected chi connectivity index (χ4v) is 1.90. The summed E-state index contributed by atoms with van der Waals surface area (Å²) in [6.07, 6.45) is 4.14. The van der Waals surface area contributed by atoms with Crippen molar-refractivity contribution in [3.63, 3.8) is 0 Å². The number of hydrogen-bond donors (Lipinski definition) is 3. The first-order valence-corrected chi connectivity index (χ1v) is 6.22. The van der Waals surface area contributed by atoms with Crippen LogP contribution in [0.25, 0.3) is 0 Å². The molecule has 0 unspecified atom stereocenters. The first-order valence-electron chi connectivity index (χ1n) is 6.22. The molecule has 2 rings (SSSR count). The molecular formula is C11H16N8O2. The van der Waals surface area contributed by atoms with Gasteiger partial charge in [0.15, 0.2) is 0 Å². The number of nitrogens with zero attached hydrogens (tertiary/aromatic N) is 5. The van der Waals surface area contributed by atoms with Gasteiger partial charge in [-0.15, -0.1) is 0 Å². The Balaban J connectivity index is 2.16. The van der Waals surface area contributed by atoms with Gasteiger partial charge in [-0.1, -0.05) is 0 Å². The molecule has 0 saturated heterocycles. The van der Waals surface area contributed by atoms with Crippen molar-refractivity contribution in [1.29, 1.82) is 0 Å². The van der Waals surface area contributed by atoms with E-state index < -0.39 is 4.92 Å². The Morgan fingerprint density at radius 2 is 2.24 bits per heavy atom. The number of aromatic nitrogens is 4. The number of nitrogens with two attached hydrogens (primary N) is 1. The van der Waals surface area contributed by atoms with Crippen molar-refractivity contribution in [3.05, 3.63) is 34.0 Å². The molecular weight excluding hydrogens is 276 g/mol. The molecule has 0 saturated carbocycles. The molecule has 21 heavy (non-hydrogen) atoms. The van der Waals surface area contributed by atoms with Crippen LogP contribution in [-0.4, -0.2) is 31.0 Å². The van der Waals surface area contributed by atoms with Crippen LogP contribution in [0, 0.1) is 17.0 Å². The molecule has 0 aliphatic heterocycles. The van der Waals surface area contributed by atoms with E-state index in [0.29, 0.717) is 13.0 Å². The summed E-state index contributed by atoms with van der Waals surface area (Å²) in [5.74, 6) is 6.38. The van der Waals surface area contributed by atoms with Crippen LogP contribution in [0.5, 0.6) is 0 Å². The predicted molar refractivity (Wildman–Crippen MR) is 76.6 cm³/mol. The Hall–Kier alpha value is -2.75. The van der Waals surface area contributed by atoms with E-state index in [-0.39, 0.29) is 23.1 Å². The van der Waals surface area contributed by atoms with Crippen LogP contribution in [0.1, 0.15) is 11.5 Å². The average Bonchev–Trinajstić information content (AvgIpc) is 2.83. The van der Waals surface area contributed by atoms with E-state index >= 15 is 0 Å². The van der Waals surface area contributed by atoms with E-state index in [4.69, 9.17) is 5.84 Å². The monoisotopic (exact) mass is 292 g/mol. The number of rotatable bonds is 6. The second-order valence-corrected chi connectivity index (χ2v) is 4.36. The molecule has 0 radical (unpaired) electrons. The average molecular weight is 292 g/mol. The number of nitrogens with one attached hydrogen (secondary N) is 2. The molecule has 0 bridgehead atoms. The highest BCUT2D eigenvalue weighted by Gasteiger charge is 2.21. The lowest BCUT2D eigenvalue weighted by Gasteiger charge is -2.09. The first kappa shape index (κ1) is 14.7. The first-order chi connectivity index (χ1) is 10.0. The van der Waals surface area contributed by atoms with Crippen molar-refractivity contribution in [2.75, 3.05) is 17.3 Å². The van der Waals surface area contributed by atoms with Gasteiger partial charge >= 0.3 is 5.69 Å². The second-order valence-electron chi connectivity index (χ2n) is 4.36. The number of hydrazine groups is 1. The number of anilines is 2. The van der Waals surface area contributed by atoms with E-state index in [9.17, 15) is 10.1 Å². The summed E-state index contributed by atoms with van der Waals surface area (Å²) in [4.78, 5) is 22.7. The predicted octanol–water partition coefficient (Wildman–Crippen LogP) is 0.367. The van der Waals surface area contributed by atoms with Crippen LogP contribution in [-0.2, 0) is 13.5 Å². The van der Waals surface area contributed by atoms with Gasteiger partial charge in [0.25, 0.3) is 0 Å². The van der Waals surface area contributed by atoms with Crippen LogP contribution in [0.15, 0.2) is 12.4 Å². The summed E-state index contributed by atoms with van der Waals surface area (Å²) in [5, 5.41) is 14.0. The van der Waals surface area contributed by atoms with E-state index in [1.165, 1.54) is 6.92 Å². The Morgan fingerprint density at radius 3 is 2.81 bits per heavy atom. The van der Waals surface area contributed by atoms with Gasteiger partial charge in [0.2, 0.25) is 11.8 Å². The van der Waals surface area contributed by atoms with E-state index in [1.54, 1.807) is 6.20 Å². The summed E-state index contributed by atoms with van der Waals surface area (Å²) in [6.45, 7) is 1.98. The minimum Gasteiger partial charge on any atom is -0.364 e. The third-order valence-corrected chi connectivity index (χ3v) is 2.93. The maximum absolute atomic E-state index is 11.1. The summed E-state index contributed by atoms with van der Waals surface area (Å²) in [7, 11) is 1.88. The quantitative estimate of drug-likeness (QED) is 0.394. The molecule has 0 fully saturated rings. The molecule has 2 aromatic heterocycles. The van der Waals surface area contributed by atoms with E-state index in [0.717, 1.165) is 5.82 Å². The zero-order chi connectivity index (χ0) is 15.4. The highest BCUT2D eigenvalue weighted by Crippen LogP contribution is 2.26. The van der Waals surface area contributed by atoms with Crippen LogP contribution < -0.4 is 16.6 Å². The van der Waals surface area contributed by atoms with Gasteiger partial charge in [-0.05, 0) is 6.92 Å². The number of imidazole rings is 1. The van der Waals surface area contributed by atoms with Gasteiger partial charge < -0.3 is 9.88 Å². The molecule has 0 amide bonds. The third-order valence-electron chi connectivity index (χ3n) is 2.93. The Bertz CT molecular complexity index is 654. The van der Waals surface area contributed by atoms with Crippen LogP contribution in [0.4, 0.5) is 17.5 Å². The van der Waals surface area contributed by atoms with Gasteiger partial charge in [0.05, 0.1) is 4.92 Å². The van der Waals surface area contributed by atoms with E-state index in [2.05, 4.69) is 25.7 Å². The fraction of sp³-hybridized carbons (Fsp3) is 0.364. The smallest absolute Gasteiger partial charge is 0.332 e. The van der Waals surface area contributed by atoms with Gasteiger partial charge in [0, 0.05) is 32.4 Å². The summed E-state index contributed by atoms with van der Waals surface area (Å²) >= 11 is 0. The molecule has 112 valence electrons. The van der Waals surface area contributed by atoms with Crippen molar-refractivity contribution in [3.8, 4) is 0 Å². The van der Waals surface area contributed by atoms with Crippen LogP contribution in [0.3, 0.4) is 0 Å². The molecule has 2 heterocycles. The fourth-order valence-electron chi connectivity index (χ4n) is 1.90. The van der Waals surface area contributed by atoms with Crippen molar-refractivity contribution in [1.82, 2.24) is 19.5 Å². The Labute approximate surface area is 120 Å². The van der Waals surface area contributed by atoms with Gasteiger partial charge in [0.1, 0.15) is 11.5 Å². The molecule has 2 aromatic rings. The van der Waals surface area contributed by atoms with Crippen LogP contribution >= 0.6 is 0 Å². The van der Waals surface area contributed by atoms with Gasteiger partial charge in [-0.2, -0.15) is 4.98 Å². The molecule has 0 atom stereocenters. The van der Waals surface area contributed by atoms with Crippen molar-refractivity contribution in [2.24, 2.45) is 12.9 Å². The number of hydrogen-bond acceptors (Lipinski definition) is 8. The van der Waals surface area contributed by atoms with E-state index in [1.807, 2.05) is 17.8 Å². The number of aryl methyl sites for hydroxylation is 2. The zero-order valence-electron chi connectivity index (χ0n) is 11.7. The molecule has 10 heteroatoms. The maximum Gasteiger partial charge on any atom is 0.332 e. The van der Waals surface area contributed by atoms with Crippen molar-refractivity contribution in [2.45, 2.75) is 13.3 Å². The molecule has 0 aliphatic rings. The highest BCUT2D eigenvalue weighted by molar-refractivity contribution is 5.60. The largest absolute Gasteiger partial charge is 0.364 e. The lowest BCUT2D eigenvalue weighted by Crippen LogP contribution is -2.16. The third kappa shape index (κ3) is 3.23. The topological polar surface area (TPSA) is 137 Å².